The molecule has 1 aliphatic rings. The van der Waals surface area contributed by atoms with Crippen LogP contribution < -0.4 is 0 Å². The van der Waals surface area contributed by atoms with E-state index in [1.165, 1.54) is 5.56 Å². The van der Waals surface area contributed by atoms with Crippen molar-refractivity contribution in [3.63, 3.8) is 0 Å². The minimum atomic E-state index is 0.0239. The van der Waals surface area contributed by atoms with Crippen LogP contribution in [0, 0.1) is 13.8 Å². The van der Waals surface area contributed by atoms with E-state index in [9.17, 15) is 4.79 Å². The van der Waals surface area contributed by atoms with Gasteiger partial charge < -0.3 is 9.32 Å². The van der Waals surface area contributed by atoms with Crippen molar-refractivity contribution in [3.05, 3.63) is 65.5 Å². The van der Waals surface area contributed by atoms with E-state index in [2.05, 4.69) is 34.9 Å². The lowest BCUT2D eigenvalue weighted by Crippen LogP contribution is -2.48. The monoisotopic (exact) mass is 458 g/mol. The van der Waals surface area contributed by atoms with Crippen molar-refractivity contribution in [2.45, 2.75) is 40.3 Å². The van der Waals surface area contributed by atoms with Gasteiger partial charge in [-0.3, -0.25) is 14.7 Å². The minimum absolute atomic E-state index is 0.0239. The van der Waals surface area contributed by atoms with Crippen molar-refractivity contribution < 1.29 is 9.21 Å². The first-order chi connectivity index (χ1) is 16.4. The van der Waals surface area contributed by atoms with E-state index in [0.29, 0.717) is 18.7 Å². The lowest BCUT2D eigenvalue weighted by molar-refractivity contribution is 0.0630. The van der Waals surface area contributed by atoms with E-state index >= 15 is 0 Å². The highest BCUT2D eigenvalue weighted by Gasteiger charge is 2.26. The molecule has 5 rings (SSSR count). The van der Waals surface area contributed by atoms with Gasteiger partial charge in [0, 0.05) is 56.7 Å². The summed E-state index contributed by atoms with van der Waals surface area (Å²) in [6, 6.07) is 8.06. The van der Waals surface area contributed by atoms with Crippen LogP contribution in [0.25, 0.3) is 22.3 Å². The second kappa shape index (κ2) is 9.02. The van der Waals surface area contributed by atoms with Gasteiger partial charge in [-0.2, -0.15) is 5.10 Å². The number of rotatable bonds is 5. The molecule has 1 saturated heterocycles. The highest BCUT2D eigenvalue weighted by Crippen LogP contribution is 2.30. The number of fused-ring (bicyclic) bond motifs is 1. The molecule has 0 saturated carbocycles. The van der Waals surface area contributed by atoms with Crippen molar-refractivity contribution in [2.24, 2.45) is 0 Å². The second-order valence-corrected chi connectivity index (χ2v) is 9.23. The van der Waals surface area contributed by atoms with E-state index in [1.807, 2.05) is 47.8 Å². The molecule has 0 spiro atoms. The van der Waals surface area contributed by atoms with Gasteiger partial charge in [0.25, 0.3) is 5.91 Å². The van der Waals surface area contributed by atoms with Gasteiger partial charge in [-0.15, -0.1) is 0 Å². The summed E-state index contributed by atoms with van der Waals surface area (Å²) in [5.74, 6) is 1.64. The Morgan fingerprint density at radius 3 is 2.56 bits per heavy atom. The first kappa shape index (κ1) is 22.3. The molecule has 0 atom stereocenters. The Morgan fingerprint density at radius 1 is 1.12 bits per heavy atom. The van der Waals surface area contributed by atoms with Crippen LogP contribution in [0.2, 0.25) is 0 Å². The number of aromatic nitrogens is 4. The lowest BCUT2D eigenvalue weighted by atomic mass is 10.1. The van der Waals surface area contributed by atoms with Crippen LogP contribution in [0.15, 0.2) is 47.3 Å². The summed E-state index contributed by atoms with van der Waals surface area (Å²) in [7, 11) is 0. The van der Waals surface area contributed by atoms with Crippen LogP contribution >= 0.6 is 0 Å². The lowest BCUT2D eigenvalue weighted by Gasteiger charge is -2.34. The molecule has 0 bridgehead atoms. The predicted octanol–water partition coefficient (Wildman–Crippen LogP) is 4.24. The maximum absolute atomic E-state index is 13.7. The molecular weight excluding hydrogens is 428 g/mol. The summed E-state index contributed by atoms with van der Waals surface area (Å²) in [5, 5.41) is 5.34. The van der Waals surface area contributed by atoms with Crippen LogP contribution in [0.3, 0.4) is 0 Å². The third kappa shape index (κ3) is 4.21. The molecule has 34 heavy (non-hydrogen) atoms. The molecular formula is C26H30N6O2. The number of piperazine rings is 1. The largest absolute Gasteiger partial charge is 0.466 e. The molecule has 0 aromatic carbocycles. The number of pyridine rings is 2. The normalized spacial score (nSPS) is 14.9. The Balaban J connectivity index is 1.44. The zero-order valence-corrected chi connectivity index (χ0v) is 20.2. The Labute approximate surface area is 199 Å². The number of carbonyl (C=O) groups excluding carboxylic acids is 1. The highest BCUT2D eigenvalue weighted by molar-refractivity contribution is 6.06. The summed E-state index contributed by atoms with van der Waals surface area (Å²) in [6.45, 7) is 11.8. The molecule has 5 heterocycles. The Hall–Kier alpha value is -3.52. The standard InChI is InChI=1S/C26H30N6O2/c1-17(2)32-25-23(15-28-32)22(13-24(29-25)21-12-18(3)34-19(21)4)26(33)31-10-8-30(9-11-31)16-20-6-5-7-27-14-20/h5-7,12-15,17H,8-11,16H2,1-4H3. The number of amides is 1. The van der Waals surface area contributed by atoms with E-state index in [4.69, 9.17) is 9.40 Å². The van der Waals surface area contributed by atoms with Crippen molar-refractivity contribution >= 4 is 16.9 Å². The molecule has 0 unspecified atom stereocenters. The molecule has 176 valence electrons. The number of aryl methyl sites for hydroxylation is 2. The zero-order chi connectivity index (χ0) is 23.8. The number of furan rings is 1. The van der Waals surface area contributed by atoms with Crippen molar-refractivity contribution in [2.75, 3.05) is 26.2 Å². The fourth-order valence-corrected chi connectivity index (χ4v) is 4.63. The van der Waals surface area contributed by atoms with Gasteiger partial charge in [0.15, 0.2) is 5.65 Å². The first-order valence-corrected chi connectivity index (χ1v) is 11.8. The van der Waals surface area contributed by atoms with E-state index in [-0.39, 0.29) is 11.9 Å². The molecule has 1 amide bonds. The Kier molecular flexibility index (Phi) is 5.91. The van der Waals surface area contributed by atoms with Gasteiger partial charge >= 0.3 is 0 Å². The number of carbonyl (C=O) groups is 1. The van der Waals surface area contributed by atoms with Crippen LogP contribution in [0.4, 0.5) is 0 Å². The molecule has 1 aliphatic heterocycles. The molecule has 0 N–H and O–H groups in total. The summed E-state index contributed by atoms with van der Waals surface area (Å²) in [4.78, 5) is 27.2. The highest BCUT2D eigenvalue weighted by atomic mass is 16.3. The van der Waals surface area contributed by atoms with Gasteiger partial charge in [0.05, 0.1) is 22.8 Å². The predicted molar refractivity (Wildman–Crippen MR) is 131 cm³/mol. The third-order valence-electron chi connectivity index (χ3n) is 6.39. The molecule has 1 fully saturated rings. The summed E-state index contributed by atoms with van der Waals surface area (Å²) >= 11 is 0. The first-order valence-electron chi connectivity index (χ1n) is 11.8. The molecule has 4 aromatic rings. The van der Waals surface area contributed by atoms with Crippen LogP contribution in [-0.4, -0.2) is 61.6 Å². The quantitative estimate of drug-likeness (QED) is 0.445. The molecule has 0 radical (unpaired) electrons. The Bertz CT molecular complexity index is 1320. The van der Waals surface area contributed by atoms with Gasteiger partial charge in [-0.1, -0.05) is 6.07 Å². The Morgan fingerprint density at radius 2 is 1.91 bits per heavy atom. The molecule has 8 nitrogen and oxygen atoms in total. The van der Waals surface area contributed by atoms with Crippen LogP contribution in [-0.2, 0) is 6.54 Å². The van der Waals surface area contributed by atoms with Crippen molar-refractivity contribution in [3.8, 4) is 11.3 Å². The van der Waals surface area contributed by atoms with Gasteiger partial charge in [-0.25, -0.2) is 9.67 Å². The third-order valence-corrected chi connectivity index (χ3v) is 6.39. The van der Waals surface area contributed by atoms with Crippen molar-refractivity contribution in [1.82, 2.24) is 29.5 Å². The fourth-order valence-electron chi connectivity index (χ4n) is 4.63. The topological polar surface area (TPSA) is 80.3 Å². The smallest absolute Gasteiger partial charge is 0.254 e. The summed E-state index contributed by atoms with van der Waals surface area (Å²) in [5.41, 5.74) is 4.21. The number of nitrogens with zero attached hydrogens (tertiary/aromatic N) is 6. The van der Waals surface area contributed by atoms with Gasteiger partial charge in [0.1, 0.15) is 11.5 Å². The minimum Gasteiger partial charge on any atom is -0.466 e. The van der Waals surface area contributed by atoms with E-state index in [1.54, 1.807) is 12.4 Å². The van der Waals surface area contributed by atoms with E-state index < -0.39 is 0 Å². The van der Waals surface area contributed by atoms with Gasteiger partial charge in [0.2, 0.25) is 0 Å². The average molecular weight is 459 g/mol. The average Bonchev–Trinajstić information content (AvgIpc) is 3.41. The van der Waals surface area contributed by atoms with Crippen LogP contribution in [0.1, 0.15) is 47.3 Å². The zero-order valence-electron chi connectivity index (χ0n) is 20.2. The summed E-state index contributed by atoms with van der Waals surface area (Å²) in [6.07, 6.45) is 5.46. The maximum Gasteiger partial charge on any atom is 0.254 e. The summed E-state index contributed by atoms with van der Waals surface area (Å²) < 4.78 is 7.63. The maximum atomic E-state index is 13.7. The van der Waals surface area contributed by atoms with Crippen LogP contribution in [0.5, 0.6) is 0 Å². The fraction of sp³-hybridized carbons (Fsp3) is 0.385. The molecule has 4 aromatic heterocycles. The molecule has 0 aliphatic carbocycles. The molecule has 8 heteroatoms. The van der Waals surface area contributed by atoms with Gasteiger partial charge in [-0.05, 0) is 51.5 Å². The SMILES string of the molecule is Cc1cc(-c2cc(C(=O)N3CCN(Cc4cccnc4)CC3)c3cnn(C(C)C)c3n2)c(C)o1. The second-order valence-electron chi connectivity index (χ2n) is 9.23. The number of hydrogen-bond donors (Lipinski definition) is 0. The van der Waals surface area contributed by atoms with Crippen molar-refractivity contribution in [1.29, 1.82) is 0 Å². The van der Waals surface area contributed by atoms with E-state index in [0.717, 1.165) is 53.4 Å². The number of hydrogen-bond acceptors (Lipinski definition) is 6.